The first-order valence-electron chi connectivity index (χ1n) is 7.68. The highest BCUT2D eigenvalue weighted by molar-refractivity contribution is 5.45. The van der Waals surface area contributed by atoms with E-state index in [2.05, 4.69) is 18.3 Å². The number of anilines is 1. The lowest BCUT2D eigenvalue weighted by atomic mass is 10.1. The molecule has 0 radical (unpaired) electrons. The summed E-state index contributed by atoms with van der Waals surface area (Å²) in [5.41, 5.74) is 0.680. The Morgan fingerprint density at radius 3 is 2.50 bits per heavy atom. The molecule has 0 spiro atoms. The Balaban J connectivity index is 2.19. The second-order valence-electron chi connectivity index (χ2n) is 5.25. The van der Waals surface area contributed by atoms with E-state index in [-0.39, 0.29) is 11.9 Å². The summed E-state index contributed by atoms with van der Waals surface area (Å²) in [6.45, 7) is 2.22. The first-order valence-corrected chi connectivity index (χ1v) is 7.68. The fraction of sp³-hybridized carbons (Fsp3) is 0.588. The molecule has 0 bridgehead atoms. The molecule has 1 atom stereocenters. The third kappa shape index (κ3) is 7.13. The van der Waals surface area contributed by atoms with Gasteiger partial charge in [-0.1, -0.05) is 57.9 Å². The van der Waals surface area contributed by atoms with Crippen LogP contribution in [0.1, 0.15) is 58.3 Å². The van der Waals surface area contributed by atoms with Crippen LogP contribution in [-0.4, -0.2) is 6.04 Å². The summed E-state index contributed by atoms with van der Waals surface area (Å²) in [5, 5.41) is 12.2. The van der Waals surface area contributed by atoms with Gasteiger partial charge in [0, 0.05) is 5.69 Å². The van der Waals surface area contributed by atoms with Gasteiger partial charge in [-0.3, -0.25) is 0 Å². The predicted octanol–water partition coefficient (Wildman–Crippen LogP) is 5.27. The molecule has 1 N–H and O–H groups in total. The molecule has 0 amide bonds. The van der Waals surface area contributed by atoms with Crippen LogP contribution in [0.5, 0.6) is 0 Å². The van der Waals surface area contributed by atoms with E-state index in [4.69, 9.17) is 5.26 Å². The number of halogens is 1. The Kier molecular flexibility index (Phi) is 8.46. The van der Waals surface area contributed by atoms with Crippen molar-refractivity contribution >= 4 is 5.69 Å². The van der Waals surface area contributed by atoms with Gasteiger partial charge in [0.1, 0.15) is 11.9 Å². The van der Waals surface area contributed by atoms with E-state index < -0.39 is 0 Å². The molecule has 0 saturated heterocycles. The Hall–Kier alpha value is -1.56. The Morgan fingerprint density at radius 1 is 1.15 bits per heavy atom. The van der Waals surface area contributed by atoms with E-state index in [1.807, 2.05) is 0 Å². The van der Waals surface area contributed by atoms with Gasteiger partial charge in [0.25, 0.3) is 0 Å². The first kappa shape index (κ1) is 16.5. The molecular formula is C17H25FN2. The first-order chi connectivity index (χ1) is 9.76. The highest BCUT2D eigenvalue weighted by atomic mass is 19.1. The molecule has 3 heteroatoms. The molecule has 1 aromatic carbocycles. The molecule has 0 saturated carbocycles. The maximum atomic E-state index is 13.1. The average Bonchev–Trinajstić information content (AvgIpc) is 2.45. The summed E-state index contributed by atoms with van der Waals surface area (Å²) >= 11 is 0. The quantitative estimate of drug-likeness (QED) is 0.591. The average molecular weight is 276 g/mol. The van der Waals surface area contributed by atoms with Crippen molar-refractivity contribution in [1.29, 1.82) is 5.26 Å². The fourth-order valence-corrected chi connectivity index (χ4v) is 2.25. The highest BCUT2D eigenvalue weighted by Gasteiger charge is 2.07. The minimum atomic E-state index is -0.275. The zero-order valence-electron chi connectivity index (χ0n) is 12.4. The van der Waals surface area contributed by atoms with Crippen molar-refractivity contribution < 1.29 is 4.39 Å². The third-order valence-electron chi connectivity index (χ3n) is 3.42. The topological polar surface area (TPSA) is 35.8 Å². The van der Waals surface area contributed by atoms with Crippen molar-refractivity contribution in [2.45, 2.75) is 64.3 Å². The van der Waals surface area contributed by atoms with E-state index in [1.165, 1.54) is 50.7 Å². The van der Waals surface area contributed by atoms with E-state index >= 15 is 0 Å². The van der Waals surface area contributed by atoms with Crippen LogP contribution in [0, 0.1) is 17.1 Å². The monoisotopic (exact) mass is 276 g/mol. The van der Waals surface area contributed by atoms with Gasteiger partial charge in [-0.25, -0.2) is 4.39 Å². The summed E-state index contributed by atoms with van der Waals surface area (Å²) in [5.74, 6) is -0.275. The molecule has 0 aromatic heterocycles. The van der Waals surface area contributed by atoms with Crippen molar-refractivity contribution in [2.75, 3.05) is 5.32 Å². The van der Waals surface area contributed by atoms with Crippen LogP contribution in [0.4, 0.5) is 10.1 Å². The van der Waals surface area contributed by atoms with Gasteiger partial charge >= 0.3 is 0 Å². The lowest BCUT2D eigenvalue weighted by Gasteiger charge is -2.12. The Labute approximate surface area is 122 Å². The van der Waals surface area contributed by atoms with Gasteiger partial charge in [-0.15, -0.1) is 0 Å². The number of nitriles is 1. The zero-order chi connectivity index (χ0) is 14.6. The summed E-state index contributed by atoms with van der Waals surface area (Å²) in [6.07, 6.45) is 9.50. The molecule has 1 rings (SSSR count). The SMILES string of the molecule is CCCCCCCCCC(C#N)Nc1cccc(F)c1. The largest absolute Gasteiger partial charge is 0.370 e. The molecule has 1 unspecified atom stereocenters. The van der Waals surface area contributed by atoms with Crippen LogP contribution in [0.3, 0.4) is 0 Å². The molecule has 2 nitrogen and oxygen atoms in total. The number of rotatable bonds is 10. The van der Waals surface area contributed by atoms with E-state index in [0.717, 1.165) is 12.8 Å². The Bertz CT molecular complexity index is 412. The van der Waals surface area contributed by atoms with Gasteiger partial charge < -0.3 is 5.32 Å². The minimum absolute atomic E-state index is 0.229. The number of hydrogen-bond acceptors (Lipinski definition) is 2. The van der Waals surface area contributed by atoms with Gasteiger partial charge in [-0.2, -0.15) is 5.26 Å². The van der Waals surface area contributed by atoms with Crippen LogP contribution in [-0.2, 0) is 0 Å². The maximum absolute atomic E-state index is 13.1. The summed E-state index contributed by atoms with van der Waals surface area (Å²) in [4.78, 5) is 0. The van der Waals surface area contributed by atoms with Gasteiger partial charge in [0.2, 0.25) is 0 Å². The van der Waals surface area contributed by atoms with Crippen LogP contribution < -0.4 is 5.32 Å². The second-order valence-corrected chi connectivity index (χ2v) is 5.25. The fourth-order valence-electron chi connectivity index (χ4n) is 2.25. The van der Waals surface area contributed by atoms with Crippen LogP contribution in [0.2, 0.25) is 0 Å². The molecule has 0 aliphatic rings. The lowest BCUT2D eigenvalue weighted by molar-refractivity contribution is 0.569. The molecule has 0 fully saturated rings. The van der Waals surface area contributed by atoms with Gasteiger partial charge in [0.05, 0.1) is 6.07 Å². The normalized spacial score (nSPS) is 11.8. The van der Waals surface area contributed by atoms with E-state index in [1.54, 1.807) is 12.1 Å². The van der Waals surface area contributed by atoms with Crippen molar-refractivity contribution in [3.8, 4) is 6.07 Å². The van der Waals surface area contributed by atoms with Crippen molar-refractivity contribution in [3.63, 3.8) is 0 Å². The molecule has 0 heterocycles. The minimum Gasteiger partial charge on any atom is -0.370 e. The third-order valence-corrected chi connectivity index (χ3v) is 3.42. The van der Waals surface area contributed by atoms with E-state index in [9.17, 15) is 4.39 Å². The van der Waals surface area contributed by atoms with Crippen molar-refractivity contribution in [3.05, 3.63) is 30.1 Å². The molecule has 110 valence electrons. The smallest absolute Gasteiger partial charge is 0.125 e. The molecule has 0 aliphatic heterocycles. The highest BCUT2D eigenvalue weighted by Crippen LogP contribution is 2.14. The number of nitrogens with zero attached hydrogens (tertiary/aromatic N) is 1. The zero-order valence-corrected chi connectivity index (χ0v) is 12.4. The van der Waals surface area contributed by atoms with Crippen LogP contribution >= 0.6 is 0 Å². The number of unbranched alkanes of at least 4 members (excludes halogenated alkanes) is 6. The van der Waals surface area contributed by atoms with Crippen LogP contribution in [0.15, 0.2) is 24.3 Å². The predicted molar refractivity (Wildman–Crippen MR) is 82.0 cm³/mol. The standard InChI is InChI=1S/C17H25FN2/c1-2-3-4-5-6-7-8-11-17(14-19)20-16-12-9-10-15(18)13-16/h9-10,12-13,17,20H,2-8,11H2,1H3. The van der Waals surface area contributed by atoms with Crippen molar-refractivity contribution in [1.82, 2.24) is 0 Å². The Morgan fingerprint density at radius 2 is 1.85 bits per heavy atom. The number of benzene rings is 1. The molecular weight excluding hydrogens is 251 g/mol. The second kappa shape index (κ2) is 10.3. The number of hydrogen-bond donors (Lipinski definition) is 1. The molecule has 20 heavy (non-hydrogen) atoms. The molecule has 0 aliphatic carbocycles. The lowest BCUT2D eigenvalue weighted by Crippen LogP contribution is -2.17. The summed E-state index contributed by atoms with van der Waals surface area (Å²) in [6, 6.07) is 8.29. The van der Waals surface area contributed by atoms with Crippen molar-refractivity contribution in [2.24, 2.45) is 0 Å². The summed E-state index contributed by atoms with van der Waals surface area (Å²) < 4.78 is 13.1. The summed E-state index contributed by atoms with van der Waals surface area (Å²) in [7, 11) is 0. The van der Waals surface area contributed by atoms with Gasteiger partial charge in [-0.05, 0) is 24.6 Å². The van der Waals surface area contributed by atoms with Gasteiger partial charge in [0.15, 0.2) is 0 Å². The maximum Gasteiger partial charge on any atom is 0.125 e. The number of nitrogens with one attached hydrogen (secondary N) is 1. The van der Waals surface area contributed by atoms with Crippen LogP contribution in [0.25, 0.3) is 0 Å². The molecule has 1 aromatic rings. The van der Waals surface area contributed by atoms with E-state index in [0.29, 0.717) is 5.69 Å².